The first kappa shape index (κ1) is 11.4. The number of morpholine rings is 1. The van der Waals surface area contributed by atoms with E-state index in [2.05, 4.69) is 24.2 Å². The first-order valence-corrected chi connectivity index (χ1v) is 6.38. The van der Waals surface area contributed by atoms with Crippen LogP contribution in [0.5, 0.6) is 0 Å². The number of nitrogens with one attached hydrogen (secondary N) is 1. The number of ether oxygens (including phenoxy) is 1. The maximum atomic E-state index is 5.82. The van der Waals surface area contributed by atoms with Crippen LogP contribution in [0, 0.1) is 0 Å². The summed E-state index contributed by atoms with van der Waals surface area (Å²) in [5.74, 6) is 0. The van der Waals surface area contributed by atoms with Crippen molar-refractivity contribution in [1.82, 2.24) is 10.2 Å². The Kier molecular flexibility index (Phi) is 4.00. The molecule has 0 radical (unpaired) electrons. The average molecular weight is 212 g/mol. The van der Waals surface area contributed by atoms with Gasteiger partial charge in [0.15, 0.2) is 0 Å². The molecule has 1 saturated carbocycles. The van der Waals surface area contributed by atoms with Crippen LogP contribution in [0.15, 0.2) is 0 Å². The molecule has 2 fully saturated rings. The molecule has 88 valence electrons. The zero-order valence-electron chi connectivity index (χ0n) is 10.0. The van der Waals surface area contributed by atoms with Crippen molar-refractivity contribution < 1.29 is 4.74 Å². The molecule has 3 unspecified atom stereocenters. The highest BCUT2D eigenvalue weighted by Gasteiger charge is 2.36. The summed E-state index contributed by atoms with van der Waals surface area (Å²) >= 11 is 0. The van der Waals surface area contributed by atoms with Gasteiger partial charge in [-0.3, -0.25) is 4.90 Å². The first-order chi connectivity index (χ1) is 7.35. The van der Waals surface area contributed by atoms with E-state index in [4.69, 9.17) is 4.74 Å². The van der Waals surface area contributed by atoms with Crippen LogP contribution >= 0.6 is 0 Å². The van der Waals surface area contributed by atoms with Gasteiger partial charge in [0.1, 0.15) is 0 Å². The summed E-state index contributed by atoms with van der Waals surface area (Å²) in [4.78, 5) is 2.64. The van der Waals surface area contributed by atoms with Gasteiger partial charge in [0.2, 0.25) is 0 Å². The van der Waals surface area contributed by atoms with Gasteiger partial charge in [-0.1, -0.05) is 6.92 Å². The lowest BCUT2D eigenvalue weighted by Crippen LogP contribution is -2.52. The Bertz CT molecular complexity index is 194. The number of rotatable bonds is 4. The Morgan fingerprint density at radius 1 is 1.47 bits per heavy atom. The predicted octanol–water partition coefficient (Wildman–Crippen LogP) is 1.24. The van der Waals surface area contributed by atoms with E-state index in [1.54, 1.807) is 0 Å². The topological polar surface area (TPSA) is 24.5 Å². The van der Waals surface area contributed by atoms with Crippen molar-refractivity contribution in [3.05, 3.63) is 0 Å². The van der Waals surface area contributed by atoms with Crippen LogP contribution < -0.4 is 5.32 Å². The number of hydrogen-bond acceptors (Lipinski definition) is 3. The van der Waals surface area contributed by atoms with Crippen molar-refractivity contribution >= 4 is 0 Å². The minimum absolute atomic E-state index is 0.535. The van der Waals surface area contributed by atoms with Crippen molar-refractivity contribution in [2.45, 2.75) is 50.8 Å². The summed E-state index contributed by atoms with van der Waals surface area (Å²) in [5.41, 5.74) is 0. The quantitative estimate of drug-likeness (QED) is 0.759. The van der Waals surface area contributed by atoms with Gasteiger partial charge < -0.3 is 10.1 Å². The monoisotopic (exact) mass is 212 g/mol. The molecule has 15 heavy (non-hydrogen) atoms. The summed E-state index contributed by atoms with van der Waals surface area (Å²) in [6, 6.07) is 1.35. The number of nitrogens with zero attached hydrogens (tertiary/aromatic N) is 1. The minimum atomic E-state index is 0.535. The Balaban J connectivity index is 1.89. The van der Waals surface area contributed by atoms with Gasteiger partial charge in [-0.25, -0.2) is 0 Å². The fourth-order valence-corrected chi connectivity index (χ4v) is 2.94. The molecule has 0 aromatic rings. The average Bonchev–Trinajstić information content (AvgIpc) is 2.74. The van der Waals surface area contributed by atoms with E-state index in [9.17, 15) is 0 Å². The number of fused-ring (bicyclic) bond motifs is 1. The molecule has 0 amide bonds. The molecule has 1 N–H and O–H groups in total. The van der Waals surface area contributed by atoms with Gasteiger partial charge in [-0.15, -0.1) is 0 Å². The fourth-order valence-electron chi connectivity index (χ4n) is 2.94. The fraction of sp³-hybridized carbons (Fsp3) is 1.00. The molecule has 2 rings (SSSR count). The molecule has 1 saturated heterocycles. The van der Waals surface area contributed by atoms with Gasteiger partial charge >= 0.3 is 0 Å². The molecule has 3 atom stereocenters. The highest BCUT2D eigenvalue weighted by molar-refractivity contribution is 4.90. The predicted molar refractivity (Wildman–Crippen MR) is 62.1 cm³/mol. The Hall–Kier alpha value is -0.120. The van der Waals surface area contributed by atoms with Crippen molar-refractivity contribution in [2.75, 3.05) is 26.7 Å². The van der Waals surface area contributed by atoms with Crippen LogP contribution in [0.25, 0.3) is 0 Å². The van der Waals surface area contributed by atoms with E-state index in [0.29, 0.717) is 18.2 Å². The van der Waals surface area contributed by atoms with Crippen LogP contribution in [0.3, 0.4) is 0 Å². The third kappa shape index (κ3) is 2.52. The first-order valence-electron chi connectivity index (χ1n) is 6.38. The van der Waals surface area contributed by atoms with Crippen LogP contribution in [-0.2, 0) is 4.74 Å². The molecule has 1 heterocycles. The Morgan fingerprint density at radius 2 is 2.33 bits per heavy atom. The highest BCUT2D eigenvalue weighted by Crippen LogP contribution is 2.29. The zero-order chi connectivity index (χ0) is 10.7. The molecule has 3 nitrogen and oxygen atoms in total. The second kappa shape index (κ2) is 5.28. The number of likely N-dealkylation sites (N-methyl/N-ethyl adjacent to an activating group) is 1. The lowest BCUT2D eigenvalue weighted by molar-refractivity contribution is -0.0580. The van der Waals surface area contributed by atoms with E-state index in [0.717, 1.165) is 13.2 Å². The SMILES string of the molecule is CCC(CN1CCOC2CCCC21)NC. The molecule has 0 aromatic carbocycles. The van der Waals surface area contributed by atoms with Gasteiger partial charge in [0.05, 0.1) is 12.7 Å². The highest BCUT2D eigenvalue weighted by atomic mass is 16.5. The van der Waals surface area contributed by atoms with E-state index < -0.39 is 0 Å². The van der Waals surface area contributed by atoms with Crippen LogP contribution in [-0.4, -0.2) is 49.8 Å². The lowest BCUT2D eigenvalue weighted by Gasteiger charge is -2.39. The van der Waals surface area contributed by atoms with E-state index >= 15 is 0 Å². The zero-order valence-corrected chi connectivity index (χ0v) is 10.0. The largest absolute Gasteiger partial charge is 0.375 e. The van der Waals surface area contributed by atoms with Crippen LogP contribution in [0.2, 0.25) is 0 Å². The molecule has 3 heteroatoms. The Labute approximate surface area is 93.2 Å². The van der Waals surface area contributed by atoms with Crippen molar-refractivity contribution in [2.24, 2.45) is 0 Å². The van der Waals surface area contributed by atoms with Gasteiger partial charge in [-0.2, -0.15) is 0 Å². The van der Waals surface area contributed by atoms with Gasteiger partial charge in [0.25, 0.3) is 0 Å². The van der Waals surface area contributed by atoms with Crippen molar-refractivity contribution in [3.63, 3.8) is 0 Å². The standard InChI is InChI=1S/C12H24N2O/c1-3-10(13-2)9-14-7-8-15-12-6-4-5-11(12)14/h10-13H,3-9H2,1-2H3. The van der Waals surface area contributed by atoms with E-state index in [1.165, 1.54) is 32.2 Å². The van der Waals surface area contributed by atoms with E-state index in [-0.39, 0.29) is 0 Å². The second-order valence-electron chi connectivity index (χ2n) is 4.80. The van der Waals surface area contributed by atoms with Gasteiger partial charge in [-0.05, 0) is 32.7 Å². The van der Waals surface area contributed by atoms with Gasteiger partial charge in [0, 0.05) is 25.2 Å². The molecule has 0 aromatic heterocycles. The normalized spacial score (nSPS) is 34.0. The lowest BCUT2D eigenvalue weighted by atomic mass is 10.1. The molecule has 1 aliphatic carbocycles. The summed E-state index contributed by atoms with van der Waals surface area (Å²) in [5, 5.41) is 3.40. The molecule has 2 aliphatic rings. The van der Waals surface area contributed by atoms with Crippen LogP contribution in [0.1, 0.15) is 32.6 Å². The molecule has 0 bridgehead atoms. The Morgan fingerprint density at radius 3 is 3.07 bits per heavy atom. The molecule has 1 aliphatic heterocycles. The summed E-state index contributed by atoms with van der Waals surface area (Å²) in [7, 11) is 2.07. The smallest absolute Gasteiger partial charge is 0.0730 e. The molecular formula is C12H24N2O. The summed E-state index contributed by atoms with van der Waals surface area (Å²) < 4.78 is 5.82. The minimum Gasteiger partial charge on any atom is -0.375 e. The van der Waals surface area contributed by atoms with E-state index in [1.807, 2.05) is 0 Å². The number of hydrogen-bond donors (Lipinski definition) is 1. The maximum absolute atomic E-state index is 5.82. The van der Waals surface area contributed by atoms with Crippen molar-refractivity contribution in [1.29, 1.82) is 0 Å². The molecule has 0 spiro atoms. The second-order valence-corrected chi connectivity index (χ2v) is 4.80. The van der Waals surface area contributed by atoms with Crippen molar-refractivity contribution in [3.8, 4) is 0 Å². The summed E-state index contributed by atoms with van der Waals surface area (Å²) in [6.07, 6.45) is 5.71. The third-order valence-electron chi connectivity index (χ3n) is 3.95. The third-order valence-corrected chi connectivity index (χ3v) is 3.95. The molecular weight excluding hydrogens is 188 g/mol. The summed E-state index contributed by atoms with van der Waals surface area (Å²) in [6.45, 7) is 5.51. The maximum Gasteiger partial charge on any atom is 0.0730 e. The van der Waals surface area contributed by atoms with Crippen LogP contribution in [0.4, 0.5) is 0 Å².